The molecule has 0 saturated carbocycles. The molecule has 10 heteroatoms. The molecular weight excluding hydrogens is 480 g/mol. The molecule has 0 atom stereocenters. The average molecular weight is 525 g/mol. The van der Waals surface area contributed by atoms with Crippen molar-refractivity contribution < 1.29 is 22.7 Å². The van der Waals surface area contributed by atoms with E-state index in [0.717, 1.165) is 51.1 Å². The fourth-order valence-corrected chi connectivity index (χ4v) is 7.00. The van der Waals surface area contributed by atoms with E-state index in [4.69, 9.17) is 9.47 Å². The number of ether oxygens (including phenoxy) is 2. The van der Waals surface area contributed by atoms with Gasteiger partial charge >= 0.3 is 0 Å². The largest absolute Gasteiger partial charge is 0.497 e. The van der Waals surface area contributed by atoms with Crippen molar-refractivity contribution in [3.8, 4) is 5.75 Å². The molecule has 2 aliphatic heterocycles. The Morgan fingerprint density at radius 1 is 1.11 bits per heavy atom. The summed E-state index contributed by atoms with van der Waals surface area (Å²) < 4.78 is 38.6. The van der Waals surface area contributed by atoms with Gasteiger partial charge in [-0.3, -0.25) is 4.79 Å². The lowest BCUT2D eigenvalue weighted by molar-refractivity contribution is -0.135. The highest BCUT2D eigenvalue weighted by molar-refractivity contribution is 7.89. The van der Waals surface area contributed by atoms with Crippen LogP contribution >= 0.6 is 0 Å². The van der Waals surface area contributed by atoms with Crippen LogP contribution in [0.25, 0.3) is 0 Å². The molecule has 0 bridgehead atoms. The second kappa shape index (κ2) is 13.2. The molecular formula is C26H44N4O5S. The van der Waals surface area contributed by atoms with Crippen LogP contribution in [0.15, 0.2) is 17.0 Å². The van der Waals surface area contributed by atoms with Gasteiger partial charge in [-0.25, -0.2) is 8.42 Å². The number of aryl methyl sites for hydroxylation is 1. The van der Waals surface area contributed by atoms with Gasteiger partial charge in [-0.1, -0.05) is 0 Å². The van der Waals surface area contributed by atoms with E-state index in [1.54, 1.807) is 31.1 Å². The van der Waals surface area contributed by atoms with Crippen molar-refractivity contribution in [2.75, 3.05) is 87.3 Å². The molecule has 204 valence electrons. The number of piperidine rings is 1. The van der Waals surface area contributed by atoms with E-state index >= 15 is 0 Å². The lowest BCUT2D eigenvalue weighted by Crippen LogP contribution is -2.42. The number of sulfonamides is 1. The quantitative estimate of drug-likeness (QED) is 0.385. The van der Waals surface area contributed by atoms with Gasteiger partial charge in [0.05, 0.1) is 18.6 Å². The zero-order valence-electron chi connectivity index (χ0n) is 22.7. The Hall–Kier alpha value is -1.72. The minimum absolute atomic E-state index is 0.0272. The van der Waals surface area contributed by atoms with Gasteiger partial charge in [0.2, 0.25) is 15.9 Å². The summed E-state index contributed by atoms with van der Waals surface area (Å²) in [5, 5.41) is 0. The highest BCUT2D eigenvalue weighted by Gasteiger charge is 2.33. The maximum absolute atomic E-state index is 13.1. The number of carbonyl (C=O) groups is 1. The highest BCUT2D eigenvalue weighted by atomic mass is 32.2. The van der Waals surface area contributed by atoms with Crippen molar-refractivity contribution in [1.82, 2.24) is 19.0 Å². The number of likely N-dealkylation sites (N-methyl/N-ethyl adjacent to an activating group) is 1. The smallest absolute Gasteiger partial charge is 0.248 e. The second-order valence-electron chi connectivity index (χ2n) is 10.4. The molecule has 1 fully saturated rings. The zero-order valence-corrected chi connectivity index (χ0v) is 23.5. The molecule has 0 N–H and O–H groups in total. The van der Waals surface area contributed by atoms with Crippen molar-refractivity contribution in [3.05, 3.63) is 23.3 Å². The number of fused-ring (bicyclic) bond motifs is 1. The third-order valence-electron chi connectivity index (χ3n) is 7.24. The van der Waals surface area contributed by atoms with Gasteiger partial charge in [-0.2, -0.15) is 4.31 Å². The molecule has 0 radical (unpaired) electrons. The fraction of sp³-hybridized carbons (Fsp3) is 0.731. The van der Waals surface area contributed by atoms with Crippen molar-refractivity contribution in [3.63, 3.8) is 0 Å². The molecule has 0 aromatic heterocycles. The van der Waals surface area contributed by atoms with Crippen LogP contribution in [0.4, 0.5) is 0 Å². The topological polar surface area (TPSA) is 82.6 Å². The first-order valence-corrected chi connectivity index (χ1v) is 14.4. The summed E-state index contributed by atoms with van der Waals surface area (Å²) in [6.07, 6.45) is 4.04. The maximum Gasteiger partial charge on any atom is 0.248 e. The molecule has 1 aromatic carbocycles. The number of hydrogen-bond donors (Lipinski definition) is 0. The molecule has 3 rings (SSSR count). The molecule has 0 unspecified atom stereocenters. The Labute approximate surface area is 217 Å². The molecule has 0 spiro atoms. The maximum atomic E-state index is 13.1. The van der Waals surface area contributed by atoms with Crippen LogP contribution in [0.2, 0.25) is 0 Å². The van der Waals surface area contributed by atoms with Crippen LogP contribution in [0, 0.1) is 12.8 Å². The van der Waals surface area contributed by atoms with Gasteiger partial charge < -0.3 is 24.2 Å². The van der Waals surface area contributed by atoms with Crippen LogP contribution < -0.4 is 4.74 Å². The van der Waals surface area contributed by atoms with Gasteiger partial charge in [0.1, 0.15) is 12.4 Å². The summed E-state index contributed by atoms with van der Waals surface area (Å²) in [5.41, 5.74) is 1.48. The summed E-state index contributed by atoms with van der Waals surface area (Å²) in [7, 11) is 4.03. The highest BCUT2D eigenvalue weighted by Crippen LogP contribution is 2.32. The van der Waals surface area contributed by atoms with E-state index < -0.39 is 10.0 Å². The lowest BCUT2D eigenvalue weighted by Gasteiger charge is -2.34. The van der Waals surface area contributed by atoms with Crippen molar-refractivity contribution in [1.29, 1.82) is 0 Å². The lowest BCUT2D eigenvalue weighted by atomic mass is 9.96. The third kappa shape index (κ3) is 7.64. The normalized spacial score (nSPS) is 18.8. The van der Waals surface area contributed by atoms with Crippen LogP contribution in [-0.2, 0) is 26.0 Å². The first kappa shape index (κ1) is 28.8. The SMILES string of the molecule is COc1cc(C)c2c(c1)CCN(CCOCC(=O)N(C)CC1CCN(CCCN(C)C)CC1)S2(=O)=O. The van der Waals surface area contributed by atoms with Gasteiger partial charge in [0.25, 0.3) is 0 Å². The van der Waals surface area contributed by atoms with E-state index in [0.29, 0.717) is 35.1 Å². The minimum atomic E-state index is -3.59. The van der Waals surface area contributed by atoms with Gasteiger partial charge in [-0.05, 0) is 102 Å². The standard InChI is InChI=1S/C26H44N4O5S/c1-21-17-24(34-5)18-23-9-14-30(36(32,33)26(21)23)15-16-35-20-25(31)28(4)19-22-7-12-29(13-8-22)11-6-10-27(2)3/h17-18,22H,6-16,19-20H2,1-5H3. The number of likely N-dealkylation sites (tertiary alicyclic amines) is 1. The van der Waals surface area contributed by atoms with Crippen molar-refractivity contribution in [2.45, 2.75) is 37.5 Å². The van der Waals surface area contributed by atoms with E-state index in [9.17, 15) is 13.2 Å². The first-order chi connectivity index (χ1) is 17.1. The Balaban J connectivity index is 1.37. The number of nitrogens with zero attached hydrogens (tertiary/aromatic N) is 4. The van der Waals surface area contributed by atoms with Crippen LogP contribution in [0.3, 0.4) is 0 Å². The predicted molar refractivity (Wildman–Crippen MR) is 141 cm³/mol. The van der Waals surface area contributed by atoms with Crippen LogP contribution in [0.5, 0.6) is 5.75 Å². The van der Waals surface area contributed by atoms with Gasteiger partial charge in [-0.15, -0.1) is 0 Å². The average Bonchev–Trinajstić information content (AvgIpc) is 2.83. The Bertz CT molecular complexity index is 977. The van der Waals surface area contributed by atoms with E-state index in [2.05, 4.69) is 23.9 Å². The number of benzene rings is 1. The minimum Gasteiger partial charge on any atom is -0.497 e. The summed E-state index contributed by atoms with van der Waals surface area (Å²) in [5.74, 6) is 1.13. The number of hydrogen-bond acceptors (Lipinski definition) is 7. The van der Waals surface area contributed by atoms with Crippen molar-refractivity contribution in [2.24, 2.45) is 5.92 Å². The Morgan fingerprint density at radius 3 is 2.50 bits per heavy atom. The van der Waals surface area contributed by atoms with Crippen molar-refractivity contribution >= 4 is 15.9 Å². The second-order valence-corrected chi connectivity index (χ2v) is 12.2. The molecule has 2 heterocycles. The van der Waals surface area contributed by atoms with Gasteiger partial charge in [0, 0.05) is 26.7 Å². The fourth-order valence-electron chi connectivity index (χ4n) is 5.14. The summed E-state index contributed by atoms with van der Waals surface area (Å²) in [6.45, 7) is 7.77. The number of rotatable bonds is 12. The monoisotopic (exact) mass is 524 g/mol. The summed E-state index contributed by atoms with van der Waals surface area (Å²) in [6, 6.07) is 3.55. The van der Waals surface area contributed by atoms with Gasteiger partial charge in [0.15, 0.2) is 0 Å². The molecule has 9 nitrogen and oxygen atoms in total. The number of methoxy groups -OCH3 is 1. The van der Waals surface area contributed by atoms with E-state index in [1.165, 1.54) is 10.7 Å². The number of carbonyl (C=O) groups excluding carboxylic acids is 1. The van der Waals surface area contributed by atoms with E-state index in [-0.39, 0.29) is 25.7 Å². The molecule has 1 amide bonds. The Kier molecular flexibility index (Phi) is 10.6. The molecule has 36 heavy (non-hydrogen) atoms. The molecule has 0 aliphatic carbocycles. The zero-order chi connectivity index (χ0) is 26.3. The number of amides is 1. The van der Waals surface area contributed by atoms with Crippen LogP contribution in [-0.4, -0.2) is 121 Å². The third-order valence-corrected chi connectivity index (χ3v) is 9.39. The summed E-state index contributed by atoms with van der Waals surface area (Å²) in [4.78, 5) is 19.5. The molecule has 1 saturated heterocycles. The van der Waals surface area contributed by atoms with Crippen LogP contribution in [0.1, 0.15) is 30.4 Å². The summed E-state index contributed by atoms with van der Waals surface area (Å²) >= 11 is 0. The predicted octanol–water partition coefficient (Wildman–Crippen LogP) is 1.69. The van der Waals surface area contributed by atoms with E-state index in [1.807, 2.05) is 7.05 Å². The molecule has 1 aromatic rings. The Morgan fingerprint density at radius 2 is 1.83 bits per heavy atom. The molecule has 2 aliphatic rings. The first-order valence-electron chi connectivity index (χ1n) is 13.0.